The molecule has 7 heteroatoms. The molecule has 2 heterocycles. The van der Waals surface area contributed by atoms with Crippen molar-refractivity contribution in [2.45, 2.75) is 45.8 Å². The molecule has 3 rings (SSSR count). The fourth-order valence-electron chi connectivity index (χ4n) is 4.12. The molecule has 0 saturated carbocycles. The van der Waals surface area contributed by atoms with Gasteiger partial charge in [0.2, 0.25) is 0 Å². The summed E-state index contributed by atoms with van der Waals surface area (Å²) in [5.41, 5.74) is 2.27. The third-order valence-electron chi connectivity index (χ3n) is 5.96. The van der Waals surface area contributed by atoms with Crippen molar-refractivity contribution in [1.29, 1.82) is 0 Å². The van der Waals surface area contributed by atoms with E-state index in [4.69, 9.17) is 4.74 Å². The van der Waals surface area contributed by atoms with Crippen LogP contribution in [0, 0.1) is 5.92 Å². The monoisotopic (exact) mass is 413 g/mol. The highest BCUT2D eigenvalue weighted by atomic mass is 16.5. The van der Waals surface area contributed by atoms with Crippen molar-refractivity contribution in [2.24, 2.45) is 5.92 Å². The Morgan fingerprint density at radius 1 is 1.10 bits per heavy atom. The molecular formula is C23H35N5O2. The lowest BCUT2D eigenvalue weighted by Crippen LogP contribution is -2.53. The minimum Gasteiger partial charge on any atom is -0.379 e. The smallest absolute Gasteiger partial charge is 0.315 e. The van der Waals surface area contributed by atoms with Gasteiger partial charge in [-0.3, -0.25) is 9.58 Å². The molecule has 0 aliphatic carbocycles. The first-order valence-corrected chi connectivity index (χ1v) is 11.1. The summed E-state index contributed by atoms with van der Waals surface area (Å²) in [5, 5.41) is 10.3. The van der Waals surface area contributed by atoms with Crippen molar-refractivity contribution in [3.63, 3.8) is 0 Å². The van der Waals surface area contributed by atoms with Crippen LogP contribution in [0.15, 0.2) is 42.7 Å². The number of morpholine rings is 1. The van der Waals surface area contributed by atoms with Gasteiger partial charge < -0.3 is 15.4 Å². The minimum atomic E-state index is -0.111. The number of rotatable bonds is 10. The molecule has 7 nitrogen and oxygen atoms in total. The quantitative estimate of drug-likeness (QED) is 0.628. The molecule has 1 saturated heterocycles. The molecule has 0 bridgehead atoms. The highest BCUT2D eigenvalue weighted by Crippen LogP contribution is 2.19. The maximum atomic E-state index is 12.4. The predicted octanol–water partition coefficient (Wildman–Crippen LogP) is 2.87. The van der Waals surface area contributed by atoms with Crippen molar-refractivity contribution >= 4 is 6.03 Å². The van der Waals surface area contributed by atoms with Crippen LogP contribution in [0.5, 0.6) is 0 Å². The first-order chi connectivity index (χ1) is 14.7. The van der Waals surface area contributed by atoms with E-state index < -0.39 is 0 Å². The van der Waals surface area contributed by atoms with Crippen LogP contribution >= 0.6 is 0 Å². The van der Waals surface area contributed by atoms with Crippen LogP contribution in [0.4, 0.5) is 4.79 Å². The summed E-state index contributed by atoms with van der Waals surface area (Å²) < 4.78 is 7.40. The maximum Gasteiger partial charge on any atom is 0.315 e. The largest absolute Gasteiger partial charge is 0.379 e. The second-order valence-electron chi connectivity index (χ2n) is 7.88. The molecule has 164 valence electrons. The van der Waals surface area contributed by atoms with Crippen LogP contribution in [-0.4, -0.2) is 59.6 Å². The summed E-state index contributed by atoms with van der Waals surface area (Å²) in [4.78, 5) is 14.9. The number of hydrogen-bond donors (Lipinski definition) is 2. The van der Waals surface area contributed by atoms with Gasteiger partial charge in [-0.25, -0.2) is 4.79 Å². The molecule has 1 aromatic carbocycles. The van der Waals surface area contributed by atoms with Gasteiger partial charge in [-0.05, 0) is 23.1 Å². The van der Waals surface area contributed by atoms with Gasteiger partial charge >= 0.3 is 6.03 Å². The number of nitrogens with one attached hydrogen (secondary N) is 2. The van der Waals surface area contributed by atoms with E-state index in [-0.39, 0.29) is 6.03 Å². The lowest BCUT2D eigenvalue weighted by Gasteiger charge is -2.38. The Balaban J connectivity index is 1.45. The van der Waals surface area contributed by atoms with Crippen LogP contribution in [0.25, 0.3) is 0 Å². The third kappa shape index (κ3) is 6.57. The summed E-state index contributed by atoms with van der Waals surface area (Å²) in [6.45, 7) is 9.83. The van der Waals surface area contributed by atoms with Gasteiger partial charge in [0.05, 0.1) is 19.8 Å². The van der Waals surface area contributed by atoms with E-state index in [0.29, 0.717) is 25.0 Å². The molecule has 1 aliphatic heterocycles. The number of amides is 2. The average molecular weight is 414 g/mol. The summed E-state index contributed by atoms with van der Waals surface area (Å²) in [5.74, 6) is 0.575. The molecule has 30 heavy (non-hydrogen) atoms. The Labute approximate surface area is 179 Å². The van der Waals surface area contributed by atoms with Crippen molar-refractivity contribution in [1.82, 2.24) is 25.3 Å². The molecule has 2 amide bonds. The van der Waals surface area contributed by atoms with E-state index >= 15 is 0 Å². The zero-order valence-corrected chi connectivity index (χ0v) is 18.2. The van der Waals surface area contributed by atoms with Crippen molar-refractivity contribution in [3.8, 4) is 0 Å². The maximum absolute atomic E-state index is 12.4. The van der Waals surface area contributed by atoms with Gasteiger partial charge in [-0.1, -0.05) is 51.0 Å². The number of hydrogen-bond acceptors (Lipinski definition) is 4. The van der Waals surface area contributed by atoms with Crippen molar-refractivity contribution < 1.29 is 9.53 Å². The Morgan fingerprint density at radius 3 is 2.43 bits per heavy atom. The molecular weight excluding hydrogens is 378 g/mol. The van der Waals surface area contributed by atoms with E-state index in [2.05, 4.69) is 58.7 Å². The molecule has 1 aliphatic rings. The molecule has 2 aromatic rings. The topological polar surface area (TPSA) is 71.4 Å². The van der Waals surface area contributed by atoms with Gasteiger partial charge in [0.1, 0.15) is 0 Å². The third-order valence-corrected chi connectivity index (χ3v) is 5.96. The fraction of sp³-hybridized carbons (Fsp3) is 0.565. The standard InChI is InChI=1S/C23H35N5O2/c1-3-21(4-2)22(27-12-14-30-15-13-27)17-25-23(29)24-16-19-6-8-20(9-7-19)18-28-11-5-10-26-28/h5-11,21-22H,3-4,12-18H2,1-2H3,(H2,24,25,29). The second-order valence-corrected chi connectivity index (χ2v) is 7.88. The van der Waals surface area contributed by atoms with Crippen LogP contribution in [0.3, 0.4) is 0 Å². The van der Waals surface area contributed by atoms with E-state index in [1.807, 2.05) is 16.9 Å². The number of aromatic nitrogens is 2. The molecule has 0 spiro atoms. The van der Waals surface area contributed by atoms with Crippen LogP contribution in [0.2, 0.25) is 0 Å². The predicted molar refractivity (Wildman–Crippen MR) is 118 cm³/mol. The van der Waals surface area contributed by atoms with Gasteiger partial charge in [0, 0.05) is 44.6 Å². The molecule has 1 unspecified atom stereocenters. The van der Waals surface area contributed by atoms with Crippen LogP contribution < -0.4 is 10.6 Å². The Morgan fingerprint density at radius 2 is 1.80 bits per heavy atom. The second kappa shape index (κ2) is 11.7. The Bertz CT molecular complexity index is 737. The van der Waals surface area contributed by atoms with Crippen molar-refractivity contribution in [3.05, 3.63) is 53.9 Å². The van der Waals surface area contributed by atoms with Gasteiger partial charge in [0.15, 0.2) is 0 Å². The summed E-state index contributed by atoms with van der Waals surface area (Å²) in [7, 11) is 0. The lowest BCUT2D eigenvalue weighted by atomic mass is 9.92. The number of urea groups is 1. The van der Waals surface area contributed by atoms with Gasteiger partial charge in [0.25, 0.3) is 0 Å². The minimum absolute atomic E-state index is 0.111. The van der Waals surface area contributed by atoms with E-state index in [1.165, 1.54) is 5.56 Å². The molecule has 2 N–H and O–H groups in total. The molecule has 1 atom stereocenters. The number of benzene rings is 1. The van der Waals surface area contributed by atoms with Crippen LogP contribution in [0.1, 0.15) is 37.8 Å². The number of nitrogens with zero attached hydrogens (tertiary/aromatic N) is 3. The SMILES string of the molecule is CCC(CC)C(CNC(=O)NCc1ccc(Cn2cccn2)cc1)N1CCOCC1. The Kier molecular flexibility index (Phi) is 8.71. The summed E-state index contributed by atoms with van der Waals surface area (Å²) in [6.07, 6.45) is 5.97. The first-order valence-electron chi connectivity index (χ1n) is 11.1. The number of carbonyl (C=O) groups excluding carboxylic acids is 1. The zero-order valence-electron chi connectivity index (χ0n) is 18.2. The fourth-order valence-corrected chi connectivity index (χ4v) is 4.12. The van der Waals surface area contributed by atoms with E-state index in [9.17, 15) is 4.79 Å². The lowest BCUT2D eigenvalue weighted by molar-refractivity contribution is 0.00237. The molecule has 0 radical (unpaired) electrons. The van der Waals surface area contributed by atoms with Gasteiger partial charge in [-0.2, -0.15) is 5.10 Å². The highest BCUT2D eigenvalue weighted by molar-refractivity contribution is 5.73. The van der Waals surface area contributed by atoms with E-state index in [0.717, 1.165) is 51.3 Å². The van der Waals surface area contributed by atoms with Crippen LogP contribution in [-0.2, 0) is 17.8 Å². The molecule has 1 aromatic heterocycles. The van der Waals surface area contributed by atoms with Gasteiger partial charge in [-0.15, -0.1) is 0 Å². The van der Waals surface area contributed by atoms with Crippen molar-refractivity contribution in [2.75, 3.05) is 32.8 Å². The normalized spacial score (nSPS) is 15.8. The highest BCUT2D eigenvalue weighted by Gasteiger charge is 2.27. The van der Waals surface area contributed by atoms with E-state index in [1.54, 1.807) is 6.20 Å². The zero-order chi connectivity index (χ0) is 21.2. The first kappa shape index (κ1) is 22.3. The Hall–Kier alpha value is -2.38. The number of carbonyl (C=O) groups is 1. The number of ether oxygens (including phenoxy) is 1. The molecule has 1 fully saturated rings. The average Bonchev–Trinajstić information content (AvgIpc) is 3.30. The summed E-state index contributed by atoms with van der Waals surface area (Å²) in [6, 6.07) is 10.4. The summed E-state index contributed by atoms with van der Waals surface area (Å²) >= 11 is 0.